The maximum Gasteiger partial charge on any atom is 0.245 e. The molecule has 0 spiro atoms. The molecule has 1 saturated heterocycles. The van der Waals surface area contributed by atoms with Crippen molar-refractivity contribution >= 4 is 11.8 Å². The predicted molar refractivity (Wildman–Crippen MR) is 78.1 cm³/mol. The quantitative estimate of drug-likeness (QED) is 0.901. The Morgan fingerprint density at radius 2 is 2.00 bits per heavy atom. The smallest absolute Gasteiger partial charge is 0.245 e. The second-order valence-corrected chi connectivity index (χ2v) is 5.55. The van der Waals surface area contributed by atoms with E-state index in [1.54, 1.807) is 17.0 Å². The molecule has 1 N–H and O–H groups in total. The van der Waals surface area contributed by atoms with Crippen LogP contribution in [0.5, 0.6) is 0 Å². The van der Waals surface area contributed by atoms with Gasteiger partial charge >= 0.3 is 0 Å². The predicted octanol–water partition coefficient (Wildman–Crippen LogP) is 1.88. The Balaban J connectivity index is 2.06. The summed E-state index contributed by atoms with van der Waals surface area (Å²) >= 11 is 0. The Morgan fingerprint density at radius 1 is 1.33 bits per heavy atom. The largest absolute Gasteiger partial charge is 0.343 e. The van der Waals surface area contributed by atoms with Gasteiger partial charge in [0.25, 0.3) is 0 Å². The third kappa shape index (κ3) is 3.80. The van der Waals surface area contributed by atoms with Crippen molar-refractivity contribution in [3.8, 4) is 0 Å². The highest BCUT2D eigenvalue weighted by Gasteiger charge is 2.34. The minimum atomic E-state index is -0.410. The van der Waals surface area contributed by atoms with Crippen molar-refractivity contribution in [3.63, 3.8) is 0 Å². The molecule has 1 aromatic rings. The number of benzene rings is 1. The minimum absolute atomic E-state index is 0.0222. The van der Waals surface area contributed by atoms with E-state index in [0.29, 0.717) is 12.8 Å². The zero-order chi connectivity index (χ0) is 15.4. The molecule has 2 amide bonds. The summed E-state index contributed by atoms with van der Waals surface area (Å²) in [6.07, 6.45) is 2.11. The van der Waals surface area contributed by atoms with Crippen LogP contribution >= 0.6 is 0 Å². The molecular formula is C16H21FN2O2. The van der Waals surface area contributed by atoms with E-state index in [1.165, 1.54) is 12.1 Å². The van der Waals surface area contributed by atoms with Gasteiger partial charge in [0.05, 0.1) is 6.54 Å². The molecule has 1 heterocycles. The molecule has 2 atom stereocenters. The van der Waals surface area contributed by atoms with Crippen molar-refractivity contribution in [3.05, 3.63) is 35.6 Å². The topological polar surface area (TPSA) is 49.4 Å². The van der Waals surface area contributed by atoms with Crippen molar-refractivity contribution in [2.24, 2.45) is 0 Å². The maximum absolute atomic E-state index is 12.9. The first-order valence-corrected chi connectivity index (χ1v) is 7.35. The highest BCUT2D eigenvalue weighted by molar-refractivity contribution is 5.95. The summed E-state index contributed by atoms with van der Waals surface area (Å²) in [7, 11) is 0. The summed E-state index contributed by atoms with van der Waals surface area (Å²) in [4.78, 5) is 25.8. The molecule has 114 valence electrons. The number of rotatable bonds is 5. The van der Waals surface area contributed by atoms with E-state index < -0.39 is 6.04 Å². The second kappa shape index (κ2) is 6.70. The summed E-state index contributed by atoms with van der Waals surface area (Å²) < 4.78 is 12.9. The molecule has 21 heavy (non-hydrogen) atoms. The molecular weight excluding hydrogens is 271 g/mol. The molecule has 2 rings (SSSR count). The highest BCUT2D eigenvalue weighted by Crippen LogP contribution is 2.15. The molecule has 1 fully saturated rings. The molecule has 0 bridgehead atoms. The van der Waals surface area contributed by atoms with Gasteiger partial charge in [0.15, 0.2) is 0 Å². The lowest BCUT2D eigenvalue weighted by Crippen LogP contribution is -2.60. The van der Waals surface area contributed by atoms with Crippen molar-refractivity contribution in [1.29, 1.82) is 0 Å². The van der Waals surface area contributed by atoms with Crippen molar-refractivity contribution in [1.82, 2.24) is 10.2 Å². The van der Waals surface area contributed by atoms with Gasteiger partial charge in [0.2, 0.25) is 11.8 Å². The summed E-state index contributed by atoms with van der Waals surface area (Å²) in [5, 5.41) is 2.74. The zero-order valence-corrected chi connectivity index (χ0v) is 12.4. The number of hydrogen-bond donors (Lipinski definition) is 1. The van der Waals surface area contributed by atoms with E-state index in [9.17, 15) is 14.0 Å². The van der Waals surface area contributed by atoms with Crippen LogP contribution in [0.3, 0.4) is 0 Å². The number of nitrogens with one attached hydrogen (secondary N) is 1. The first-order chi connectivity index (χ1) is 10.0. The molecule has 1 aromatic carbocycles. The Kier molecular flexibility index (Phi) is 4.94. The summed E-state index contributed by atoms with van der Waals surface area (Å²) in [6.45, 7) is 4.00. The number of carbonyl (C=O) groups is 2. The standard InChI is InChI=1S/C16H21FN2O2/c1-3-4-14-16(21)19(10-15(20)18-14)11(2)9-12-5-7-13(17)8-6-12/h5-8,11,14H,3-4,9-10H2,1-2H3,(H,18,20). The van der Waals surface area contributed by atoms with E-state index in [2.05, 4.69) is 5.32 Å². The summed E-state index contributed by atoms with van der Waals surface area (Å²) in [5.41, 5.74) is 0.953. The van der Waals surface area contributed by atoms with Gasteiger partial charge in [0.1, 0.15) is 11.9 Å². The van der Waals surface area contributed by atoms with E-state index >= 15 is 0 Å². The number of piperazine rings is 1. The first kappa shape index (κ1) is 15.5. The molecule has 1 aliphatic heterocycles. The number of amides is 2. The third-order valence-corrected chi connectivity index (χ3v) is 3.78. The van der Waals surface area contributed by atoms with Crippen LogP contribution in [0.25, 0.3) is 0 Å². The van der Waals surface area contributed by atoms with E-state index in [0.717, 1.165) is 12.0 Å². The average molecular weight is 292 g/mol. The van der Waals surface area contributed by atoms with Gasteiger partial charge in [-0.05, 0) is 37.5 Å². The Labute approximate surface area is 124 Å². The number of carbonyl (C=O) groups excluding carboxylic acids is 2. The van der Waals surface area contributed by atoms with Gasteiger partial charge < -0.3 is 10.2 Å². The molecule has 0 aromatic heterocycles. The molecule has 1 aliphatic rings. The first-order valence-electron chi connectivity index (χ1n) is 7.35. The fraction of sp³-hybridized carbons (Fsp3) is 0.500. The fourth-order valence-electron chi connectivity index (χ4n) is 2.66. The lowest BCUT2D eigenvalue weighted by molar-refractivity contribution is -0.146. The van der Waals surface area contributed by atoms with Gasteiger partial charge in [-0.3, -0.25) is 9.59 Å². The van der Waals surface area contributed by atoms with Gasteiger partial charge in [0, 0.05) is 6.04 Å². The zero-order valence-electron chi connectivity index (χ0n) is 12.4. The number of hydrogen-bond acceptors (Lipinski definition) is 2. The average Bonchev–Trinajstić information content (AvgIpc) is 2.45. The molecule has 2 unspecified atom stereocenters. The van der Waals surface area contributed by atoms with Crippen LogP contribution in [-0.2, 0) is 16.0 Å². The van der Waals surface area contributed by atoms with Gasteiger partial charge in [-0.25, -0.2) is 4.39 Å². The van der Waals surface area contributed by atoms with Crippen molar-refractivity contribution in [2.75, 3.05) is 6.54 Å². The van der Waals surface area contributed by atoms with Gasteiger partial charge in [-0.2, -0.15) is 0 Å². The minimum Gasteiger partial charge on any atom is -0.343 e. The Hall–Kier alpha value is -1.91. The molecule has 0 aliphatic carbocycles. The van der Waals surface area contributed by atoms with Crippen LogP contribution in [-0.4, -0.2) is 35.3 Å². The summed E-state index contributed by atoms with van der Waals surface area (Å²) in [5.74, 6) is -0.409. The van der Waals surface area contributed by atoms with Gasteiger partial charge in [-0.15, -0.1) is 0 Å². The lowest BCUT2D eigenvalue weighted by Gasteiger charge is -2.36. The summed E-state index contributed by atoms with van der Waals surface area (Å²) in [6, 6.07) is 5.74. The Morgan fingerprint density at radius 3 is 2.62 bits per heavy atom. The normalized spacial score (nSPS) is 20.3. The van der Waals surface area contributed by atoms with E-state index in [1.807, 2.05) is 13.8 Å². The van der Waals surface area contributed by atoms with Crippen molar-refractivity contribution in [2.45, 2.75) is 45.2 Å². The van der Waals surface area contributed by atoms with Crippen LogP contribution in [0, 0.1) is 5.82 Å². The highest BCUT2D eigenvalue weighted by atomic mass is 19.1. The molecule has 5 heteroatoms. The number of nitrogens with zero attached hydrogens (tertiary/aromatic N) is 1. The molecule has 0 radical (unpaired) electrons. The van der Waals surface area contributed by atoms with Crippen LogP contribution in [0.2, 0.25) is 0 Å². The Bertz CT molecular complexity index is 516. The SMILES string of the molecule is CCCC1NC(=O)CN(C(C)Cc2ccc(F)cc2)C1=O. The van der Waals surface area contributed by atoms with E-state index in [4.69, 9.17) is 0 Å². The molecule has 4 nitrogen and oxygen atoms in total. The van der Waals surface area contributed by atoms with Crippen molar-refractivity contribution < 1.29 is 14.0 Å². The molecule has 0 saturated carbocycles. The number of halogens is 1. The van der Waals surface area contributed by atoms with Crippen LogP contribution in [0.4, 0.5) is 4.39 Å². The van der Waals surface area contributed by atoms with Crippen LogP contribution < -0.4 is 5.32 Å². The fourth-order valence-corrected chi connectivity index (χ4v) is 2.66. The monoisotopic (exact) mass is 292 g/mol. The van der Waals surface area contributed by atoms with Gasteiger partial charge in [-0.1, -0.05) is 25.5 Å². The van der Waals surface area contributed by atoms with E-state index in [-0.39, 0.29) is 30.2 Å². The third-order valence-electron chi connectivity index (χ3n) is 3.78. The second-order valence-electron chi connectivity index (χ2n) is 5.55. The maximum atomic E-state index is 12.9. The lowest BCUT2D eigenvalue weighted by atomic mass is 10.0. The van der Waals surface area contributed by atoms with Crippen LogP contribution in [0.15, 0.2) is 24.3 Å². The van der Waals surface area contributed by atoms with Crippen LogP contribution in [0.1, 0.15) is 32.3 Å².